The van der Waals surface area contributed by atoms with E-state index in [9.17, 15) is 9.90 Å². The van der Waals surface area contributed by atoms with Gasteiger partial charge >= 0.3 is 0 Å². The van der Waals surface area contributed by atoms with Crippen LogP contribution in [0.25, 0.3) is 5.57 Å². The zero-order valence-corrected chi connectivity index (χ0v) is 12.8. The van der Waals surface area contributed by atoms with Gasteiger partial charge < -0.3 is 10.4 Å². The van der Waals surface area contributed by atoms with Crippen molar-refractivity contribution in [2.45, 2.75) is 19.8 Å². The summed E-state index contributed by atoms with van der Waals surface area (Å²) in [5.41, 5.74) is 2.74. The van der Waals surface area contributed by atoms with Gasteiger partial charge in [0.05, 0.1) is 0 Å². The second-order valence-corrected chi connectivity index (χ2v) is 5.06. The first-order valence-electron chi connectivity index (χ1n) is 7.52. The smallest absolute Gasteiger partial charge is 0.251 e. The molecule has 0 bridgehead atoms. The molecule has 114 valence electrons. The number of nitrogens with one attached hydrogen (secondary N) is 1. The van der Waals surface area contributed by atoms with Gasteiger partial charge in [-0.15, -0.1) is 0 Å². The predicted octanol–water partition coefficient (Wildman–Crippen LogP) is 3.54. The average molecular weight is 295 g/mol. The highest BCUT2D eigenvalue weighted by molar-refractivity contribution is 6.19. The van der Waals surface area contributed by atoms with Gasteiger partial charge in [-0.1, -0.05) is 55.5 Å². The number of amides is 1. The van der Waals surface area contributed by atoms with Crippen molar-refractivity contribution in [1.29, 1.82) is 0 Å². The average Bonchev–Trinajstić information content (AvgIpc) is 2.55. The molecule has 0 radical (unpaired) electrons. The summed E-state index contributed by atoms with van der Waals surface area (Å²) in [5, 5.41) is 12.2. The molecular formula is C19H21NO2. The third kappa shape index (κ3) is 4.48. The van der Waals surface area contributed by atoms with Gasteiger partial charge in [0, 0.05) is 12.1 Å². The lowest BCUT2D eigenvalue weighted by Gasteiger charge is -2.09. The summed E-state index contributed by atoms with van der Waals surface area (Å²) >= 11 is 0. The lowest BCUT2D eigenvalue weighted by atomic mass is 10.0. The van der Waals surface area contributed by atoms with Gasteiger partial charge in [-0.3, -0.25) is 4.79 Å². The summed E-state index contributed by atoms with van der Waals surface area (Å²) in [6, 6.07) is 16.7. The van der Waals surface area contributed by atoms with Crippen LogP contribution < -0.4 is 5.32 Å². The fraction of sp³-hybridized carbons (Fsp3) is 0.211. The van der Waals surface area contributed by atoms with E-state index in [1.165, 1.54) is 0 Å². The normalized spacial score (nSPS) is 11.2. The number of phenolic OH excluding ortho intramolecular Hbond substituents is 1. The van der Waals surface area contributed by atoms with E-state index in [4.69, 9.17) is 0 Å². The van der Waals surface area contributed by atoms with Crippen molar-refractivity contribution in [3.63, 3.8) is 0 Å². The van der Waals surface area contributed by atoms with E-state index in [-0.39, 0.29) is 11.7 Å². The highest BCUT2D eigenvalue weighted by Gasteiger charge is 2.10. The van der Waals surface area contributed by atoms with E-state index >= 15 is 0 Å². The molecule has 3 heteroatoms. The number of hydrogen-bond donors (Lipinski definition) is 2. The first-order chi connectivity index (χ1) is 10.7. The van der Waals surface area contributed by atoms with Crippen molar-refractivity contribution >= 4 is 11.5 Å². The Kier molecular flexibility index (Phi) is 5.78. The molecule has 0 spiro atoms. The van der Waals surface area contributed by atoms with Crippen molar-refractivity contribution in [1.82, 2.24) is 5.32 Å². The summed E-state index contributed by atoms with van der Waals surface area (Å²) in [6.07, 6.45) is 3.50. The Morgan fingerprint density at radius 1 is 1.09 bits per heavy atom. The van der Waals surface area contributed by atoms with Crippen molar-refractivity contribution in [3.8, 4) is 5.75 Å². The zero-order valence-electron chi connectivity index (χ0n) is 12.8. The third-order valence-corrected chi connectivity index (χ3v) is 3.37. The quantitative estimate of drug-likeness (QED) is 0.801. The van der Waals surface area contributed by atoms with Gasteiger partial charge in [0.15, 0.2) is 0 Å². The summed E-state index contributed by atoms with van der Waals surface area (Å²) in [6.45, 7) is 2.59. The maximum absolute atomic E-state index is 12.4. The maximum atomic E-state index is 12.4. The Bertz CT molecular complexity index is 630. The largest absolute Gasteiger partial charge is 0.508 e. The van der Waals surface area contributed by atoms with Crippen LogP contribution in [0.4, 0.5) is 0 Å². The second-order valence-electron chi connectivity index (χ2n) is 5.06. The van der Waals surface area contributed by atoms with Gasteiger partial charge in [-0.25, -0.2) is 0 Å². The molecule has 22 heavy (non-hydrogen) atoms. The first-order valence-corrected chi connectivity index (χ1v) is 7.52. The van der Waals surface area contributed by atoms with Crippen molar-refractivity contribution in [2.75, 3.05) is 6.54 Å². The van der Waals surface area contributed by atoms with Crippen LogP contribution in [-0.2, 0) is 11.2 Å². The summed E-state index contributed by atoms with van der Waals surface area (Å²) in [7, 11) is 0. The minimum Gasteiger partial charge on any atom is -0.508 e. The van der Waals surface area contributed by atoms with Crippen molar-refractivity contribution in [3.05, 3.63) is 71.8 Å². The zero-order chi connectivity index (χ0) is 15.8. The Hall–Kier alpha value is -2.55. The van der Waals surface area contributed by atoms with E-state index in [0.717, 1.165) is 24.0 Å². The highest BCUT2D eigenvalue weighted by Crippen LogP contribution is 2.15. The Morgan fingerprint density at radius 2 is 1.77 bits per heavy atom. The van der Waals surface area contributed by atoms with E-state index in [2.05, 4.69) is 5.32 Å². The second kappa shape index (κ2) is 8.03. The molecule has 1 amide bonds. The van der Waals surface area contributed by atoms with Crippen LogP contribution in [0.5, 0.6) is 5.75 Å². The van der Waals surface area contributed by atoms with E-state index < -0.39 is 0 Å². The van der Waals surface area contributed by atoms with Crippen LogP contribution >= 0.6 is 0 Å². The summed E-state index contributed by atoms with van der Waals surface area (Å²) in [5.74, 6) is 0.205. The SMILES string of the molecule is CCC=C(C(=O)NCCc1ccc(O)cc1)c1ccccc1. The number of carbonyl (C=O) groups is 1. The number of carbonyl (C=O) groups excluding carboxylic acids is 1. The molecule has 0 atom stereocenters. The van der Waals surface area contributed by atoms with Crippen LogP contribution in [0.15, 0.2) is 60.7 Å². The van der Waals surface area contributed by atoms with Gasteiger partial charge in [0.25, 0.3) is 5.91 Å². The van der Waals surface area contributed by atoms with E-state index in [1.807, 2.05) is 55.5 Å². The Labute approximate surface area is 131 Å². The lowest BCUT2D eigenvalue weighted by molar-refractivity contribution is -0.115. The topological polar surface area (TPSA) is 49.3 Å². The van der Waals surface area contributed by atoms with Crippen molar-refractivity contribution < 1.29 is 9.90 Å². The molecule has 0 unspecified atom stereocenters. The standard InChI is InChI=1S/C19H21NO2/c1-2-6-18(16-7-4-3-5-8-16)19(22)20-14-13-15-9-11-17(21)12-10-15/h3-12,21H,2,13-14H2,1H3,(H,20,22). The van der Waals surface area contributed by atoms with Crippen LogP contribution in [0.2, 0.25) is 0 Å². The van der Waals surface area contributed by atoms with E-state index in [1.54, 1.807) is 12.1 Å². The number of benzene rings is 2. The molecule has 0 aliphatic heterocycles. The fourth-order valence-corrected chi connectivity index (χ4v) is 2.24. The number of rotatable bonds is 6. The van der Waals surface area contributed by atoms with E-state index in [0.29, 0.717) is 12.1 Å². The third-order valence-electron chi connectivity index (χ3n) is 3.37. The van der Waals surface area contributed by atoms with Crippen LogP contribution in [0, 0.1) is 0 Å². The maximum Gasteiger partial charge on any atom is 0.251 e. The molecule has 0 saturated heterocycles. The molecule has 0 fully saturated rings. The number of aromatic hydroxyl groups is 1. The number of phenols is 1. The number of allylic oxidation sites excluding steroid dienone is 1. The molecule has 2 N–H and O–H groups in total. The molecule has 0 aliphatic rings. The molecule has 0 aliphatic carbocycles. The van der Waals surface area contributed by atoms with Gasteiger partial charge in [0.1, 0.15) is 5.75 Å². The molecular weight excluding hydrogens is 274 g/mol. The summed E-state index contributed by atoms with van der Waals surface area (Å²) < 4.78 is 0. The molecule has 0 heterocycles. The predicted molar refractivity (Wildman–Crippen MR) is 89.5 cm³/mol. The van der Waals surface area contributed by atoms with Gasteiger partial charge in [0.2, 0.25) is 0 Å². The Morgan fingerprint density at radius 3 is 2.41 bits per heavy atom. The molecule has 0 aromatic heterocycles. The molecule has 2 aromatic rings. The number of hydrogen-bond acceptors (Lipinski definition) is 2. The van der Waals surface area contributed by atoms with Gasteiger partial charge in [-0.05, 0) is 36.1 Å². The van der Waals surface area contributed by atoms with Crippen LogP contribution in [0.3, 0.4) is 0 Å². The van der Waals surface area contributed by atoms with Crippen LogP contribution in [0.1, 0.15) is 24.5 Å². The highest BCUT2D eigenvalue weighted by atomic mass is 16.3. The molecule has 2 aromatic carbocycles. The first kappa shape index (κ1) is 15.8. The minimum atomic E-state index is -0.0492. The van der Waals surface area contributed by atoms with Gasteiger partial charge in [-0.2, -0.15) is 0 Å². The van der Waals surface area contributed by atoms with Crippen LogP contribution in [-0.4, -0.2) is 17.6 Å². The molecule has 3 nitrogen and oxygen atoms in total. The summed E-state index contributed by atoms with van der Waals surface area (Å²) in [4.78, 5) is 12.4. The minimum absolute atomic E-state index is 0.0492. The van der Waals surface area contributed by atoms with Crippen molar-refractivity contribution in [2.24, 2.45) is 0 Å². The Balaban J connectivity index is 1.95. The molecule has 0 saturated carbocycles. The fourth-order valence-electron chi connectivity index (χ4n) is 2.24. The lowest BCUT2D eigenvalue weighted by Crippen LogP contribution is -2.26. The molecule has 2 rings (SSSR count). The monoisotopic (exact) mass is 295 g/mol.